The summed E-state index contributed by atoms with van der Waals surface area (Å²) in [5.74, 6) is 0.550. The molecule has 0 aliphatic heterocycles. The first kappa shape index (κ1) is 17.4. The normalized spacial score (nSPS) is 10.8. The van der Waals surface area contributed by atoms with Crippen LogP contribution in [-0.4, -0.2) is 15.9 Å². The summed E-state index contributed by atoms with van der Waals surface area (Å²) in [7, 11) is 0. The number of nitrogens with zero attached hydrogens (tertiary/aromatic N) is 1. The van der Waals surface area contributed by atoms with E-state index in [4.69, 9.17) is 0 Å². The summed E-state index contributed by atoms with van der Waals surface area (Å²) in [5, 5.41) is 3.45. The number of rotatable bonds is 5. The lowest BCUT2D eigenvalue weighted by Crippen LogP contribution is -2.14. The van der Waals surface area contributed by atoms with Crippen LogP contribution in [0.3, 0.4) is 0 Å². The molecule has 1 heterocycles. The number of anilines is 1. The monoisotopic (exact) mass is 399 g/mol. The highest BCUT2D eigenvalue weighted by atomic mass is 79.9. The van der Waals surface area contributed by atoms with E-state index in [1.54, 1.807) is 6.07 Å². The van der Waals surface area contributed by atoms with Gasteiger partial charge in [-0.3, -0.25) is 9.59 Å². The molecule has 0 aliphatic carbocycles. The number of hydrogen-bond donors (Lipinski definition) is 2. The van der Waals surface area contributed by atoms with Crippen LogP contribution in [-0.2, 0) is 11.2 Å². The summed E-state index contributed by atoms with van der Waals surface area (Å²) >= 11 is 3.45. The molecule has 0 unspecified atom stereocenters. The number of nitrogens with one attached hydrogen (secondary N) is 2. The van der Waals surface area contributed by atoms with Crippen molar-refractivity contribution in [3.8, 4) is 0 Å². The minimum absolute atomic E-state index is 0.0566. The topological polar surface area (TPSA) is 74.8 Å². The molecule has 0 fully saturated rings. The highest BCUT2D eigenvalue weighted by Crippen LogP contribution is 2.20. The number of carbonyl (C=O) groups is 1. The first-order chi connectivity index (χ1) is 12.0. The Morgan fingerprint density at radius 3 is 2.84 bits per heavy atom. The Labute approximate surface area is 153 Å². The Kier molecular flexibility index (Phi) is 5.28. The largest absolute Gasteiger partial charge is 0.326 e. The number of para-hydroxylation sites is 1. The molecule has 128 valence electrons. The summed E-state index contributed by atoms with van der Waals surface area (Å²) in [6.07, 6.45) is 1.52. The minimum atomic E-state index is -0.144. The first-order valence-corrected chi connectivity index (χ1v) is 8.86. The second-order valence-electron chi connectivity index (χ2n) is 5.90. The number of amides is 1. The van der Waals surface area contributed by atoms with Crippen LogP contribution in [0, 0.1) is 6.92 Å². The molecule has 3 aromatic rings. The summed E-state index contributed by atoms with van der Waals surface area (Å²) in [5.41, 5.74) is 2.41. The van der Waals surface area contributed by atoms with Crippen molar-refractivity contribution in [3.05, 3.63) is 68.7 Å². The van der Waals surface area contributed by atoms with Gasteiger partial charge in [-0.25, -0.2) is 4.98 Å². The number of hydrogen-bond acceptors (Lipinski definition) is 3. The van der Waals surface area contributed by atoms with E-state index in [-0.39, 0.29) is 11.5 Å². The maximum atomic E-state index is 12.1. The summed E-state index contributed by atoms with van der Waals surface area (Å²) in [6.45, 7) is 1.99. The molecule has 1 aromatic heterocycles. The van der Waals surface area contributed by atoms with E-state index < -0.39 is 0 Å². The summed E-state index contributed by atoms with van der Waals surface area (Å²) < 4.78 is 0.961. The van der Waals surface area contributed by atoms with E-state index in [1.165, 1.54) is 0 Å². The molecule has 2 N–H and O–H groups in total. The van der Waals surface area contributed by atoms with Crippen molar-refractivity contribution >= 4 is 38.4 Å². The average molecular weight is 400 g/mol. The number of fused-ring (bicyclic) bond motifs is 1. The van der Waals surface area contributed by atoms with E-state index in [0.29, 0.717) is 36.0 Å². The predicted octanol–water partition coefficient (Wildman–Crippen LogP) is 3.96. The molecule has 25 heavy (non-hydrogen) atoms. The standard InChI is InChI=1S/C19H18BrN3O2/c1-12-9-10-13(11-15(12)20)21-18(24)8-4-7-17-22-16-6-3-2-5-14(16)19(25)23-17/h2-3,5-6,9-11H,4,7-8H2,1H3,(H,21,24)(H,22,23,25). The van der Waals surface area contributed by atoms with Crippen molar-refractivity contribution in [2.24, 2.45) is 0 Å². The fourth-order valence-electron chi connectivity index (χ4n) is 2.56. The van der Waals surface area contributed by atoms with Gasteiger partial charge in [0.05, 0.1) is 10.9 Å². The van der Waals surface area contributed by atoms with Gasteiger partial charge in [-0.05, 0) is 43.2 Å². The van der Waals surface area contributed by atoms with Crippen LogP contribution in [0.25, 0.3) is 10.9 Å². The van der Waals surface area contributed by atoms with Crippen molar-refractivity contribution in [2.45, 2.75) is 26.2 Å². The molecule has 0 radical (unpaired) electrons. The Hall–Kier alpha value is -2.47. The quantitative estimate of drug-likeness (QED) is 0.681. The Morgan fingerprint density at radius 2 is 2.04 bits per heavy atom. The molecule has 1 amide bonds. The van der Waals surface area contributed by atoms with Crippen molar-refractivity contribution in [1.29, 1.82) is 0 Å². The van der Waals surface area contributed by atoms with Crippen LogP contribution in [0.5, 0.6) is 0 Å². The van der Waals surface area contributed by atoms with Gasteiger partial charge in [0.25, 0.3) is 5.56 Å². The molecule has 0 saturated carbocycles. The Morgan fingerprint density at radius 1 is 1.24 bits per heavy atom. The number of aromatic amines is 1. The van der Waals surface area contributed by atoms with Gasteiger partial charge in [0.2, 0.25) is 5.91 Å². The second kappa shape index (κ2) is 7.61. The SMILES string of the molecule is Cc1ccc(NC(=O)CCCc2nc3ccccc3c(=O)[nH]2)cc1Br. The van der Waals surface area contributed by atoms with E-state index in [1.807, 2.05) is 43.3 Å². The third-order valence-electron chi connectivity index (χ3n) is 3.93. The van der Waals surface area contributed by atoms with Crippen LogP contribution in [0.15, 0.2) is 51.7 Å². The lowest BCUT2D eigenvalue weighted by molar-refractivity contribution is -0.116. The lowest BCUT2D eigenvalue weighted by Gasteiger charge is -2.07. The fourth-order valence-corrected chi connectivity index (χ4v) is 2.94. The molecular weight excluding hydrogens is 382 g/mol. The maximum absolute atomic E-state index is 12.1. The number of aryl methyl sites for hydroxylation is 2. The van der Waals surface area contributed by atoms with Gasteiger partial charge in [0, 0.05) is 23.0 Å². The van der Waals surface area contributed by atoms with Crippen molar-refractivity contribution in [2.75, 3.05) is 5.32 Å². The average Bonchev–Trinajstić information content (AvgIpc) is 2.58. The van der Waals surface area contributed by atoms with Crippen LogP contribution < -0.4 is 10.9 Å². The molecule has 6 heteroatoms. The third-order valence-corrected chi connectivity index (χ3v) is 4.79. The molecule has 0 atom stereocenters. The maximum Gasteiger partial charge on any atom is 0.258 e. The van der Waals surface area contributed by atoms with Crippen molar-refractivity contribution < 1.29 is 4.79 Å². The molecule has 2 aromatic carbocycles. The van der Waals surface area contributed by atoms with Gasteiger partial charge in [-0.1, -0.05) is 34.1 Å². The summed E-state index contributed by atoms with van der Waals surface area (Å²) in [4.78, 5) is 31.3. The van der Waals surface area contributed by atoms with Crippen molar-refractivity contribution in [3.63, 3.8) is 0 Å². The molecule has 0 spiro atoms. The Bertz CT molecular complexity index is 982. The smallest absolute Gasteiger partial charge is 0.258 e. The number of benzene rings is 2. The zero-order valence-electron chi connectivity index (χ0n) is 13.8. The van der Waals surface area contributed by atoms with Crippen LogP contribution in [0.2, 0.25) is 0 Å². The number of carbonyl (C=O) groups excluding carboxylic acids is 1. The molecule has 0 saturated heterocycles. The van der Waals surface area contributed by atoms with Gasteiger partial charge in [0.15, 0.2) is 0 Å². The second-order valence-corrected chi connectivity index (χ2v) is 6.75. The van der Waals surface area contributed by atoms with E-state index >= 15 is 0 Å². The zero-order valence-corrected chi connectivity index (χ0v) is 15.4. The number of aromatic nitrogens is 2. The summed E-state index contributed by atoms with van der Waals surface area (Å²) in [6, 6.07) is 12.9. The first-order valence-electron chi connectivity index (χ1n) is 8.07. The van der Waals surface area contributed by atoms with E-state index in [9.17, 15) is 9.59 Å². The van der Waals surface area contributed by atoms with Gasteiger partial charge in [0.1, 0.15) is 5.82 Å². The minimum Gasteiger partial charge on any atom is -0.326 e. The molecule has 0 bridgehead atoms. The molecular formula is C19H18BrN3O2. The number of H-pyrrole nitrogens is 1. The van der Waals surface area contributed by atoms with E-state index in [0.717, 1.165) is 15.7 Å². The Balaban J connectivity index is 1.58. The van der Waals surface area contributed by atoms with Crippen LogP contribution in [0.1, 0.15) is 24.2 Å². The zero-order chi connectivity index (χ0) is 17.8. The van der Waals surface area contributed by atoms with Crippen LogP contribution in [0.4, 0.5) is 5.69 Å². The van der Waals surface area contributed by atoms with Crippen LogP contribution >= 0.6 is 15.9 Å². The van der Waals surface area contributed by atoms with Gasteiger partial charge in [-0.2, -0.15) is 0 Å². The highest BCUT2D eigenvalue weighted by Gasteiger charge is 2.07. The van der Waals surface area contributed by atoms with Gasteiger partial charge in [-0.15, -0.1) is 0 Å². The van der Waals surface area contributed by atoms with E-state index in [2.05, 4.69) is 31.2 Å². The van der Waals surface area contributed by atoms with Gasteiger partial charge >= 0.3 is 0 Å². The lowest BCUT2D eigenvalue weighted by atomic mass is 10.2. The predicted molar refractivity (Wildman–Crippen MR) is 103 cm³/mol. The fraction of sp³-hybridized carbons (Fsp3) is 0.211. The third kappa shape index (κ3) is 4.33. The number of halogens is 1. The molecule has 3 rings (SSSR count). The van der Waals surface area contributed by atoms with Crippen molar-refractivity contribution in [1.82, 2.24) is 9.97 Å². The molecule has 5 nitrogen and oxygen atoms in total. The highest BCUT2D eigenvalue weighted by molar-refractivity contribution is 9.10. The molecule has 0 aliphatic rings. The van der Waals surface area contributed by atoms with Gasteiger partial charge < -0.3 is 10.3 Å².